The molecule has 148 valence electrons. The highest BCUT2D eigenvalue weighted by Gasteiger charge is 2.33. The number of esters is 1. The van der Waals surface area contributed by atoms with Gasteiger partial charge in [0, 0.05) is 24.0 Å². The second-order valence-electron chi connectivity index (χ2n) is 6.31. The van der Waals surface area contributed by atoms with E-state index in [4.69, 9.17) is 0 Å². The molecule has 0 saturated heterocycles. The van der Waals surface area contributed by atoms with Gasteiger partial charge in [-0.25, -0.2) is 9.78 Å². The largest absolute Gasteiger partial charge is 0.465 e. The number of aryl methyl sites for hydroxylation is 1. The maximum Gasteiger partial charge on any atom is 0.433 e. The van der Waals surface area contributed by atoms with Crippen molar-refractivity contribution in [1.82, 2.24) is 19.3 Å². The van der Waals surface area contributed by atoms with E-state index in [2.05, 4.69) is 14.8 Å². The van der Waals surface area contributed by atoms with E-state index in [1.807, 2.05) is 0 Å². The van der Waals surface area contributed by atoms with Gasteiger partial charge in [0.25, 0.3) is 5.56 Å². The molecule has 0 bridgehead atoms. The van der Waals surface area contributed by atoms with Gasteiger partial charge in [0.2, 0.25) is 0 Å². The van der Waals surface area contributed by atoms with Crippen LogP contribution in [0.5, 0.6) is 0 Å². The molecular formula is C19H13F3N4O3. The quantitative estimate of drug-likeness (QED) is 0.482. The van der Waals surface area contributed by atoms with Crippen LogP contribution in [0.25, 0.3) is 27.6 Å². The molecule has 0 spiro atoms. The number of nitrogens with zero attached hydrogens (tertiary/aromatic N) is 4. The molecule has 0 unspecified atom stereocenters. The van der Waals surface area contributed by atoms with E-state index in [1.54, 1.807) is 13.2 Å². The van der Waals surface area contributed by atoms with Gasteiger partial charge in [0.05, 0.1) is 18.4 Å². The minimum absolute atomic E-state index is 0.0741. The van der Waals surface area contributed by atoms with Gasteiger partial charge < -0.3 is 4.74 Å². The lowest BCUT2D eigenvalue weighted by Crippen LogP contribution is -2.21. The lowest BCUT2D eigenvalue weighted by atomic mass is 10.1. The van der Waals surface area contributed by atoms with Crippen molar-refractivity contribution in [3.05, 3.63) is 64.2 Å². The average molecular weight is 402 g/mol. The number of ether oxygens (including phenoxy) is 1. The van der Waals surface area contributed by atoms with Gasteiger partial charge in [-0.15, -0.1) is 0 Å². The fourth-order valence-corrected chi connectivity index (χ4v) is 3.16. The Balaban J connectivity index is 2.14. The third-order valence-corrected chi connectivity index (χ3v) is 4.43. The van der Waals surface area contributed by atoms with Crippen LogP contribution in [0.1, 0.15) is 16.1 Å². The molecule has 0 N–H and O–H groups in total. The van der Waals surface area contributed by atoms with Gasteiger partial charge in [0.15, 0.2) is 5.52 Å². The van der Waals surface area contributed by atoms with Crippen LogP contribution >= 0.6 is 0 Å². The topological polar surface area (TPSA) is 79.0 Å². The lowest BCUT2D eigenvalue weighted by molar-refractivity contribution is -0.141. The van der Waals surface area contributed by atoms with E-state index in [9.17, 15) is 22.8 Å². The first kappa shape index (κ1) is 18.7. The number of hydrogen-bond acceptors (Lipinski definition) is 5. The van der Waals surface area contributed by atoms with Crippen molar-refractivity contribution in [2.75, 3.05) is 7.11 Å². The standard InChI is InChI=1S/C19H13F3N4O3/c1-25-9-13-12-6-7-14(19(20,21)22)23-16(12)26(17(27)15(13)24-25)11-5-3-4-10(8-11)18(28)29-2/h3-9H,1-2H3. The van der Waals surface area contributed by atoms with Crippen LogP contribution < -0.4 is 5.56 Å². The van der Waals surface area contributed by atoms with Crippen LogP contribution in [0.4, 0.5) is 13.2 Å². The number of halogens is 3. The third kappa shape index (κ3) is 3.02. The fourth-order valence-electron chi connectivity index (χ4n) is 3.16. The number of rotatable bonds is 2. The Morgan fingerprint density at radius 1 is 1.14 bits per heavy atom. The Labute approximate surface area is 161 Å². The average Bonchev–Trinajstić information content (AvgIpc) is 3.09. The number of hydrogen-bond donors (Lipinski definition) is 0. The number of carbonyl (C=O) groups excluding carboxylic acids is 1. The number of methoxy groups -OCH3 is 1. The molecule has 1 aromatic carbocycles. The molecule has 0 aliphatic carbocycles. The Hall–Kier alpha value is -3.69. The van der Waals surface area contributed by atoms with Crippen molar-refractivity contribution >= 4 is 27.9 Å². The predicted octanol–water partition coefficient (Wildman–Crippen LogP) is 3.08. The highest BCUT2D eigenvalue weighted by Crippen LogP contribution is 2.31. The second-order valence-corrected chi connectivity index (χ2v) is 6.31. The summed E-state index contributed by atoms with van der Waals surface area (Å²) in [7, 11) is 2.80. The van der Waals surface area contributed by atoms with Gasteiger partial charge in [-0.2, -0.15) is 18.3 Å². The predicted molar refractivity (Wildman–Crippen MR) is 98.0 cm³/mol. The lowest BCUT2D eigenvalue weighted by Gasteiger charge is -2.13. The van der Waals surface area contributed by atoms with Gasteiger partial charge >= 0.3 is 12.1 Å². The number of fused-ring (bicyclic) bond motifs is 3. The number of pyridine rings is 2. The molecule has 4 aromatic rings. The maximum absolute atomic E-state index is 13.3. The summed E-state index contributed by atoms with van der Waals surface area (Å²) in [6.45, 7) is 0. The Bertz CT molecular complexity index is 1340. The molecule has 4 rings (SSSR count). The van der Waals surface area contributed by atoms with Crippen molar-refractivity contribution in [3.8, 4) is 5.69 Å². The summed E-state index contributed by atoms with van der Waals surface area (Å²) in [5.41, 5.74) is -1.59. The Morgan fingerprint density at radius 2 is 1.90 bits per heavy atom. The van der Waals surface area contributed by atoms with Gasteiger partial charge in [-0.3, -0.25) is 14.0 Å². The first-order valence-electron chi connectivity index (χ1n) is 8.36. The fraction of sp³-hybridized carbons (Fsp3) is 0.158. The summed E-state index contributed by atoms with van der Waals surface area (Å²) in [5.74, 6) is -0.646. The van der Waals surface area contributed by atoms with E-state index >= 15 is 0 Å². The van der Waals surface area contributed by atoms with Crippen LogP contribution in [0.2, 0.25) is 0 Å². The van der Waals surface area contributed by atoms with Crippen molar-refractivity contribution < 1.29 is 22.7 Å². The summed E-state index contributed by atoms with van der Waals surface area (Å²) in [6.07, 6.45) is -3.14. The highest BCUT2D eigenvalue weighted by molar-refractivity contribution is 6.03. The third-order valence-electron chi connectivity index (χ3n) is 4.43. The molecule has 7 nitrogen and oxygen atoms in total. The summed E-state index contributed by atoms with van der Waals surface area (Å²) in [6, 6.07) is 7.92. The molecule has 10 heteroatoms. The number of benzene rings is 1. The highest BCUT2D eigenvalue weighted by atomic mass is 19.4. The monoisotopic (exact) mass is 402 g/mol. The zero-order valence-corrected chi connectivity index (χ0v) is 15.2. The summed E-state index contributed by atoms with van der Waals surface area (Å²) in [4.78, 5) is 28.7. The zero-order chi connectivity index (χ0) is 20.9. The van der Waals surface area contributed by atoms with E-state index in [-0.39, 0.29) is 22.4 Å². The summed E-state index contributed by atoms with van der Waals surface area (Å²) >= 11 is 0. The van der Waals surface area contributed by atoms with Gasteiger partial charge in [-0.05, 0) is 30.3 Å². The van der Waals surface area contributed by atoms with Crippen LogP contribution in [-0.2, 0) is 18.0 Å². The minimum Gasteiger partial charge on any atom is -0.465 e. The van der Waals surface area contributed by atoms with Crippen molar-refractivity contribution in [2.45, 2.75) is 6.18 Å². The molecular weight excluding hydrogens is 389 g/mol. The van der Waals surface area contributed by atoms with Crippen molar-refractivity contribution in [3.63, 3.8) is 0 Å². The normalized spacial score (nSPS) is 11.9. The Kier molecular flexibility index (Phi) is 4.14. The molecule has 0 atom stereocenters. The zero-order valence-electron chi connectivity index (χ0n) is 15.2. The number of aromatic nitrogens is 4. The Morgan fingerprint density at radius 3 is 2.59 bits per heavy atom. The molecule has 29 heavy (non-hydrogen) atoms. The SMILES string of the molecule is COC(=O)c1cccc(-n2c(=O)c3nn(C)cc3c3ccc(C(F)(F)F)nc32)c1. The van der Waals surface area contributed by atoms with Crippen molar-refractivity contribution in [1.29, 1.82) is 0 Å². The first-order valence-corrected chi connectivity index (χ1v) is 8.36. The molecule has 0 radical (unpaired) electrons. The first-order chi connectivity index (χ1) is 13.7. The second kappa shape index (κ2) is 6.43. The summed E-state index contributed by atoms with van der Waals surface area (Å²) < 4.78 is 46.9. The van der Waals surface area contributed by atoms with Gasteiger partial charge in [0.1, 0.15) is 11.3 Å². The minimum atomic E-state index is -4.69. The van der Waals surface area contributed by atoms with Crippen molar-refractivity contribution in [2.24, 2.45) is 7.05 Å². The molecule has 0 aliphatic rings. The van der Waals surface area contributed by atoms with E-state index < -0.39 is 23.4 Å². The smallest absolute Gasteiger partial charge is 0.433 e. The van der Waals surface area contributed by atoms with E-state index in [0.717, 1.165) is 10.6 Å². The molecule has 0 saturated carbocycles. The van der Waals surface area contributed by atoms with Crippen LogP contribution in [-0.4, -0.2) is 32.4 Å². The van der Waals surface area contributed by atoms with Crippen LogP contribution in [0, 0.1) is 0 Å². The molecule has 3 heterocycles. The number of carbonyl (C=O) groups is 1. The molecule has 3 aromatic heterocycles. The number of alkyl halides is 3. The van der Waals surface area contributed by atoms with Crippen LogP contribution in [0.15, 0.2) is 47.4 Å². The van der Waals surface area contributed by atoms with Crippen LogP contribution in [0.3, 0.4) is 0 Å². The molecule has 0 fully saturated rings. The maximum atomic E-state index is 13.3. The molecule has 0 amide bonds. The van der Waals surface area contributed by atoms with E-state index in [0.29, 0.717) is 10.8 Å². The van der Waals surface area contributed by atoms with E-state index in [1.165, 1.54) is 42.1 Å². The summed E-state index contributed by atoms with van der Waals surface area (Å²) in [5, 5.41) is 4.84. The molecule has 0 aliphatic heterocycles. The van der Waals surface area contributed by atoms with Gasteiger partial charge in [-0.1, -0.05) is 6.07 Å².